The summed E-state index contributed by atoms with van der Waals surface area (Å²) in [4.78, 5) is 16.0. The quantitative estimate of drug-likeness (QED) is 0.176. The zero-order valence-corrected chi connectivity index (χ0v) is 28.9. The molecule has 2 heterocycles. The fourth-order valence-electron chi connectivity index (χ4n) is 8.23. The van der Waals surface area contributed by atoms with Gasteiger partial charge >= 0.3 is 0 Å². The van der Waals surface area contributed by atoms with Gasteiger partial charge in [-0.05, 0) is 62.4 Å². The van der Waals surface area contributed by atoms with Crippen LogP contribution in [0, 0.1) is 0 Å². The Morgan fingerprint density at radius 3 is 1.57 bits per heavy atom. The molecule has 53 heavy (non-hydrogen) atoms. The molecule has 7 aromatic carbocycles. The van der Waals surface area contributed by atoms with E-state index in [4.69, 9.17) is 15.0 Å². The molecule has 0 saturated heterocycles. The molecule has 10 rings (SSSR count). The lowest BCUT2D eigenvalue weighted by atomic mass is 9.69. The molecule has 0 saturated carbocycles. The first kappa shape index (κ1) is 30.8. The van der Waals surface area contributed by atoms with E-state index in [9.17, 15) is 0 Å². The van der Waals surface area contributed by atoms with Gasteiger partial charge in [0, 0.05) is 28.5 Å². The summed E-state index contributed by atoms with van der Waals surface area (Å²) in [5, 5.41) is 2.19. The molecule has 0 unspecified atom stereocenters. The van der Waals surface area contributed by atoms with Gasteiger partial charge in [0.2, 0.25) is 0 Å². The molecule has 0 bridgehead atoms. The minimum atomic E-state index is -0.600. The molecule has 0 fully saturated rings. The Bertz CT molecular complexity index is 2660. The topological polar surface area (TPSA) is 38.7 Å². The van der Waals surface area contributed by atoms with Gasteiger partial charge in [-0.2, -0.15) is 0 Å². The second-order valence-electron chi connectivity index (χ2n) is 13.5. The number of nitrogens with zero attached hydrogens (tertiary/aromatic N) is 3. The van der Waals surface area contributed by atoms with Gasteiger partial charge in [0.15, 0.2) is 5.82 Å². The third-order valence-corrected chi connectivity index (χ3v) is 10.6. The average Bonchev–Trinajstić information content (AvgIpc) is 3.55. The highest BCUT2D eigenvalue weighted by Gasteiger charge is 2.47. The highest BCUT2D eigenvalue weighted by molar-refractivity contribution is 6.04. The van der Waals surface area contributed by atoms with Gasteiger partial charge in [-0.15, -0.1) is 0 Å². The van der Waals surface area contributed by atoms with Crippen LogP contribution in [-0.2, 0) is 5.41 Å². The minimum absolute atomic E-state index is 0.600. The maximum absolute atomic E-state index is 5.58. The monoisotopic (exact) mass is 675 g/mol. The SMILES string of the molecule is c1ccc(-c2cc(-c3ccccc3)nc(-c3ccc(-c4ncc5c(n4)C(c4ccccc4)(c4ccccc4)c4ccccc4-5)c4ccccc34)c2)cc1. The van der Waals surface area contributed by atoms with Crippen LogP contribution in [0.1, 0.15) is 22.4 Å². The molecule has 0 radical (unpaired) electrons. The third kappa shape index (κ3) is 5.01. The van der Waals surface area contributed by atoms with Crippen LogP contribution in [0.3, 0.4) is 0 Å². The lowest BCUT2D eigenvalue weighted by Gasteiger charge is -2.32. The molecule has 3 heteroatoms. The summed E-state index contributed by atoms with van der Waals surface area (Å²) in [6, 6.07) is 68.5. The Morgan fingerprint density at radius 2 is 0.887 bits per heavy atom. The van der Waals surface area contributed by atoms with Crippen LogP contribution in [-0.4, -0.2) is 15.0 Å². The van der Waals surface area contributed by atoms with Crippen molar-refractivity contribution in [2.45, 2.75) is 5.41 Å². The van der Waals surface area contributed by atoms with Gasteiger partial charge in [0.1, 0.15) is 0 Å². The van der Waals surface area contributed by atoms with E-state index >= 15 is 0 Å². The van der Waals surface area contributed by atoms with E-state index in [1.165, 1.54) is 22.3 Å². The first-order valence-electron chi connectivity index (χ1n) is 18.0. The Labute approximate surface area is 309 Å². The van der Waals surface area contributed by atoms with Crippen molar-refractivity contribution < 1.29 is 0 Å². The van der Waals surface area contributed by atoms with E-state index < -0.39 is 5.41 Å². The molecule has 0 spiro atoms. The van der Waals surface area contributed by atoms with Crippen molar-refractivity contribution in [3.63, 3.8) is 0 Å². The number of benzene rings is 7. The second-order valence-corrected chi connectivity index (χ2v) is 13.5. The molecule has 1 aliphatic carbocycles. The van der Waals surface area contributed by atoms with Crippen LogP contribution in [0.25, 0.3) is 66.9 Å². The zero-order chi connectivity index (χ0) is 35.2. The molecule has 9 aromatic rings. The van der Waals surface area contributed by atoms with Gasteiger partial charge < -0.3 is 0 Å². The van der Waals surface area contributed by atoms with Gasteiger partial charge in [-0.1, -0.05) is 176 Å². The maximum Gasteiger partial charge on any atom is 0.160 e. The fourth-order valence-corrected chi connectivity index (χ4v) is 8.23. The van der Waals surface area contributed by atoms with Crippen molar-refractivity contribution in [2.24, 2.45) is 0 Å². The maximum atomic E-state index is 5.58. The van der Waals surface area contributed by atoms with E-state index in [1.807, 2.05) is 12.3 Å². The molecule has 248 valence electrons. The number of hydrogen-bond donors (Lipinski definition) is 0. The van der Waals surface area contributed by atoms with Gasteiger partial charge in [0.05, 0.1) is 22.5 Å². The van der Waals surface area contributed by atoms with Crippen molar-refractivity contribution >= 4 is 10.8 Å². The van der Waals surface area contributed by atoms with Crippen LogP contribution in [0.5, 0.6) is 0 Å². The van der Waals surface area contributed by atoms with Crippen molar-refractivity contribution in [3.05, 3.63) is 223 Å². The van der Waals surface area contributed by atoms with Crippen LogP contribution < -0.4 is 0 Å². The van der Waals surface area contributed by atoms with E-state index in [-0.39, 0.29) is 0 Å². The predicted octanol–water partition coefficient (Wildman–Crippen LogP) is 12.1. The molecule has 2 aromatic heterocycles. The molecule has 0 N–H and O–H groups in total. The molecule has 1 aliphatic rings. The first-order valence-corrected chi connectivity index (χ1v) is 18.0. The predicted molar refractivity (Wildman–Crippen MR) is 216 cm³/mol. The summed E-state index contributed by atoms with van der Waals surface area (Å²) in [5.41, 5.74) is 13.5. The Balaban J connectivity index is 1.19. The standard InChI is InChI=1S/C50H33N3/c1-5-17-34(18-6-1)36-31-46(35-19-7-2-8-20-35)52-47(32-36)42-29-30-43(40-26-14-13-25-39(40)42)49-51-33-44-41-27-15-16-28-45(41)50(48(44)53-49,37-21-9-3-10-22-37)38-23-11-4-12-24-38/h1-33H. The number of aromatic nitrogens is 3. The Hall–Kier alpha value is -6.97. The summed E-state index contributed by atoms with van der Waals surface area (Å²) >= 11 is 0. The molecule has 0 amide bonds. The second kappa shape index (κ2) is 12.7. The average molecular weight is 676 g/mol. The summed E-state index contributed by atoms with van der Waals surface area (Å²) in [5.74, 6) is 0.700. The van der Waals surface area contributed by atoms with Gasteiger partial charge in [-0.3, -0.25) is 0 Å². The molecule has 3 nitrogen and oxygen atoms in total. The first-order chi connectivity index (χ1) is 26.3. The minimum Gasteiger partial charge on any atom is -0.248 e. The highest BCUT2D eigenvalue weighted by Crippen LogP contribution is 2.55. The van der Waals surface area contributed by atoms with E-state index in [0.29, 0.717) is 5.82 Å². The lowest BCUT2D eigenvalue weighted by Crippen LogP contribution is -2.29. The largest absolute Gasteiger partial charge is 0.248 e. The van der Waals surface area contributed by atoms with Gasteiger partial charge in [0.25, 0.3) is 0 Å². The Kier molecular flexibility index (Phi) is 7.36. The summed E-state index contributed by atoms with van der Waals surface area (Å²) < 4.78 is 0. The fraction of sp³-hybridized carbons (Fsp3) is 0.0200. The normalized spacial score (nSPS) is 12.7. The molecule has 0 aliphatic heterocycles. The van der Waals surface area contributed by atoms with Crippen LogP contribution in [0.4, 0.5) is 0 Å². The summed E-state index contributed by atoms with van der Waals surface area (Å²) in [6.45, 7) is 0. The lowest BCUT2D eigenvalue weighted by molar-refractivity contribution is 0.736. The number of pyridine rings is 1. The summed E-state index contributed by atoms with van der Waals surface area (Å²) in [6.07, 6.45) is 2.03. The molecule has 0 atom stereocenters. The Morgan fingerprint density at radius 1 is 0.358 bits per heavy atom. The molecular formula is C50H33N3. The van der Waals surface area contributed by atoms with Crippen LogP contribution in [0.15, 0.2) is 200 Å². The number of rotatable bonds is 6. The number of hydrogen-bond acceptors (Lipinski definition) is 3. The van der Waals surface area contributed by atoms with E-state index in [2.05, 4.69) is 188 Å². The number of fused-ring (bicyclic) bond motifs is 4. The van der Waals surface area contributed by atoms with Crippen molar-refractivity contribution in [2.75, 3.05) is 0 Å². The van der Waals surface area contributed by atoms with Crippen LogP contribution >= 0.6 is 0 Å². The summed E-state index contributed by atoms with van der Waals surface area (Å²) in [7, 11) is 0. The third-order valence-electron chi connectivity index (χ3n) is 10.6. The van der Waals surface area contributed by atoms with E-state index in [0.717, 1.165) is 61.2 Å². The highest BCUT2D eigenvalue weighted by atomic mass is 14.9. The van der Waals surface area contributed by atoms with Gasteiger partial charge in [-0.25, -0.2) is 15.0 Å². The van der Waals surface area contributed by atoms with E-state index in [1.54, 1.807) is 0 Å². The molecular weight excluding hydrogens is 643 g/mol. The van der Waals surface area contributed by atoms with Crippen molar-refractivity contribution in [1.82, 2.24) is 15.0 Å². The smallest absolute Gasteiger partial charge is 0.160 e. The van der Waals surface area contributed by atoms with Crippen molar-refractivity contribution in [3.8, 4) is 56.2 Å². The van der Waals surface area contributed by atoms with Crippen molar-refractivity contribution in [1.29, 1.82) is 0 Å². The zero-order valence-electron chi connectivity index (χ0n) is 28.9. The van der Waals surface area contributed by atoms with Crippen LogP contribution in [0.2, 0.25) is 0 Å².